The molecule has 3 aromatic carbocycles. The van der Waals surface area contributed by atoms with Crippen LogP contribution in [0.3, 0.4) is 0 Å². The lowest BCUT2D eigenvalue weighted by Gasteiger charge is -2.26. The third-order valence-corrected chi connectivity index (χ3v) is 9.72. The Morgan fingerprint density at radius 3 is 1.02 bits per heavy atom. The number of ether oxygens (including phenoxy) is 3. The second kappa shape index (κ2) is 12.7. The third kappa shape index (κ3) is 5.37. The van der Waals surface area contributed by atoms with E-state index in [1.165, 1.54) is 18.2 Å². The van der Waals surface area contributed by atoms with Crippen LogP contribution in [0, 0.1) is 35.2 Å². The van der Waals surface area contributed by atoms with Crippen molar-refractivity contribution in [1.29, 1.82) is 0 Å². The van der Waals surface area contributed by atoms with Crippen molar-refractivity contribution in [2.45, 2.75) is 16.6 Å². The fraction of sp³-hybridized carbons (Fsp3) is 0.455. The van der Waals surface area contributed by atoms with Gasteiger partial charge in [0.2, 0.25) is 0 Å². The molecule has 6 fully saturated rings. The number of fused-ring (bicyclic) bond motifs is 3. The molecule has 0 amide bonds. The summed E-state index contributed by atoms with van der Waals surface area (Å²) in [5.74, 6) is 0.00111. The van der Waals surface area contributed by atoms with Gasteiger partial charge in [-0.15, -0.1) is 0 Å². The molecule has 45 heavy (non-hydrogen) atoms. The molecule has 0 saturated carbocycles. The number of benzene rings is 3. The lowest BCUT2D eigenvalue weighted by atomic mass is 9.82. The quantitative estimate of drug-likeness (QED) is 0.403. The van der Waals surface area contributed by atoms with Crippen LogP contribution in [-0.4, -0.2) is 59.5 Å². The van der Waals surface area contributed by atoms with Crippen LogP contribution in [0.4, 0.5) is 13.2 Å². The highest BCUT2D eigenvalue weighted by Crippen LogP contribution is 2.42. The summed E-state index contributed by atoms with van der Waals surface area (Å²) in [6, 6.07) is 20.4. The Hall–Kier alpha value is -2.91. The molecular weight excluding hydrogens is 591 g/mol. The molecule has 12 heteroatoms. The summed E-state index contributed by atoms with van der Waals surface area (Å²) in [6.07, 6.45) is 0. The minimum absolute atomic E-state index is 0.203. The molecule has 9 nitrogen and oxygen atoms in total. The van der Waals surface area contributed by atoms with Gasteiger partial charge in [-0.05, 0) is 18.2 Å². The normalized spacial score (nSPS) is 34.3. The molecule has 6 aliphatic rings. The predicted octanol–water partition coefficient (Wildman–Crippen LogP) is 3.61. The van der Waals surface area contributed by atoms with Crippen LogP contribution in [0.15, 0.2) is 72.8 Å². The van der Waals surface area contributed by atoms with Crippen LogP contribution in [-0.2, 0) is 45.3 Å². The standard InChI is InChI=1S/3C11H12FNO2/c3*12-10-4-2-1-3-9(10)11-7-14-5-8(11)6-15-13-11/h3*1-4,8,13H,5-7H2/t8?,11-;2*8-,11-/m010/s1. The zero-order valence-electron chi connectivity index (χ0n) is 24.6. The van der Waals surface area contributed by atoms with Gasteiger partial charge in [0.25, 0.3) is 0 Å². The van der Waals surface area contributed by atoms with E-state index in [1.807, 2.05) is 18.2 Å². The van der Waals surface area contributed by atoms with Gasteiger partial charge in [0.15, 0.2) is 0 Å². The summed E-state index contributed by atoms with van der Waals surface area (Å²) in [5.41, 5.74) is 9.26. The molecule has 240 valence electrons. The lowest BCUT2D eigenvalue weighted by Crippen LogP contribution is -2.42. The third-order valence-electron chi connectivity index (χ3n) is 9.72. The van der Waals surface area contributed by atoms with Gasteiger partial charge in [-0.25, -0.2) is 13.2 Å². The van der Waals surface area contributed by atoms with E-state index in [-0.39, 0.29) is 35.2 Å². The van der Waals surface area contributed by atoms with E-state index >= 15 is 0 Å². The van der Waals surface area contributed by atoms with Crippen molar-refractivity contribution in [2.24, 2.45) is 17.8 Å². The van der Waals surface area contributed by atoms with Crippen molar-refractivity contribution in [1.82, 2.24) is 16.4 Å². The predicted molar refractivity (Wildman–Crippen MR) is 154 cm³/mol. The highest BCUT2D eigenvalue weighted by molar-refractivity contribution is 5.31. The molecule has 0 radical (unpaired) electrons. The average molecular weight is 628 g/mol. The number of hydrogen-bond acceptors (Lipinski definition) is 9. The molecule has 0 spiro atoms. The maximum atomic E-state index is 13.7. The first kappa shape index (κ1) is 30.7. The Bertz CT molecular complexity index is 1290. The van der Waals surface area contributed by atoms with Crippen molar-refractivity contribution in [3.63, 3.8) is 0 Å². The Morgan fingerprint density at radius 1 is 0.444 bits per heavy atom. The number of nitrogens with one attached hydrogen (secondary N) is 3. The molecule has 6 atom stereocenters. The Kier molecular flexibility index (Phi) is 8.68. The highest BCUT2D eigenvalue weighted by Gasteiger charge is 2.53. The SMILES string of the molecule is Fc1ccccc1[C@@]12COC[C@@H]1CON2.Fc1ccccc1[C@]12COCC1CON2.Fc1ccccc1[C@]12COC[C@H]1CON2. The van der Waals surface area contributed by atoms with Crippen molar-refractivity contribution in [3.05, 3.63) is 107 Å². The molecule has 0 aliphatic carbocycles. The second-order valence-electron chi connectivity index (χ2n) is 12.2. The summed E-state index contributed by atoms with van der Waals surface area (Å²) in [4.78, 5) is 15.7. The zero-order valence-corrected chi connectivity index (χ0v) is 24.6. The average Bonchev–Trinajstić information content (AvgIpc) is 3.87. The highest BCUT2D eigenvalue weighted by atomic mass is 19.1. The van der Waals surface area contributed by atoms with Crippen LogP contribution in [0.2, 0.25) is 0 Å². The van der Waals surface area contributed by atoms with Gasteiger partial charge in [-0.3, -0.25) is 0 Å². The summed E-state index contributed by atoms with van der Waals surface area (Å²) in [7, 11) is 0. The first-order chi connectivity index (χ1) is 22.0. The fourth-order valence-electron chi connectivity index (χ4n) is 7.12. The van der Waals surface area contributed by atoms with E-state index in [4.69, 9.17) is 28.7 Å². The topological polar surface area (TPSA) is 91.5 Å². The Balaban J connectivity index is 0.000000108. The Labute approximate surface area is 259 Å². The van der Waals surface area contributed by atoms with Crippen molar-refractivity contribution < 1.29 is 41.9 Å². The summed E-state index contributed by atoms with van der Waals surface area (Å²) >= 11 is 0. The van der Waals surface area contributed by atoms with E-state index in [1.54, 1.807) is 36.4 Å². The maximum absolute atomic E-state index is 13.7. The molecule has 0 bridgehead atoms. The molecule has 6 aliphatic heterocycles. The Morgan fingerprint density at radius 2 is 0.733 bits per heavy atom. The minimum Gasteiger partial charge on any atom is -0.379 e. The maximum Gasteiger partial charge on any atom is 0.128 e. The number of hydrogen-bond donors (Lipinski definition) is 3. The van der Waals surface area contributed by atoms with Gasteiger partial charge in [0.1, 0.15) is 34.1 Å². The van der Waals surface area contributed by atoms with Gasteiger partial charge < -0.3 is 28.7 Å². The summed E-state index contributed by atoms with van der Waals surface area (Å²) in [5, 5.41) is 0. The smallest absolute Gasteiger partial charge is 0.128 e. The largest absolute Gasteiger partial charge is 0.379 e. The summed E-state index contributed by atoms with van der Waals surface area (Å²) in [6.45, 7) is 5.02. The monoisotopic (exact) mass is 627 g/mol. The van der Waals surface area contributed by atoms with E-state index in [0.29, 0.717) is 76.2 Å². The van der Waals surface area contributed by atoms with Gasteiger partial charge in [0, 0.05) is 34.4 Å². The molecule has 9 rings (SSSR count). The van der Waals surface area contributed by atoms with Crippen LogP contribution < -0.4 is 16.4 Å². The van der Waals surface area contributed by atoms with Gasteiger partial charge in [0.05, 0.1) is 59.5 Å². The number of hydroxylamine groups is 3. The van der Waals surface area contributed by atoms with Gasteiger partial charge in [-0.1, -0.05) is 54.6 Å². The number of rotatable bonds is 3. The van der Waals surface area contributed by atoms with Crippen LogP contribution in [0.5, 0.6) is 0 Å². The molecule has 1 unspecified atom stereocenters. The van der Waals surface area contributed by atoms with Crippen LogP contribution >= 0.6 is 0 Å². The molecule has 0 aromatic heterocycles. The molecule has 6 heterocycles. The van der Waals surface area contributed by atoms with Gasteiger partial charge >= 0.3 is 0 Å². The first-order valence-electron chi connectivity index (χ1n) is 15.1. The first-order valence-corrected chi connectivity index (χ1v) is 15.1. The van der Waals surface area contributed by atoms with Crippen molar-refractivity contribution >= 4 is 0 Å². The molecular formula is C33H36F3N3O6. The van der Waals surface area contributed by atoms with Crippen LogP contribution in [0.1, 0.15) is 16.7 Å². The van der Waals surface area contributed by atoms with E-state index < -0.39 is 16.6 Å². The van der Waals surface area contributed by atoms with Crippen molar-refractivity contribution in [3.8, 4) is 0 Å². The summed E-state index contributed by atoms with van der Waals surface area (Å²) < 4.78 is 57.4. The minimum atomic E-state index is -0.481. The fourth-order valence-corrected chi connectivity index (χ4v) is 7.12. The van der Waals surface area contributed by atoms with Crippen molar-refractivity contribution in [2.75, 3.05) is 59.5 Å². The molecule has 3 aromatic rings. The molecule has 6 saturated heterocycles. The lowest BCUT2D eigenvalue weighted by molar-refractivity contribution is 0.0241. The second-order valence-corrected chi connectivity index (χ2v) is 12.2. The number of halogens is 3. The zero-order chi connectivity index (χ0) is 30.9. The van der Waals surface area contributed by atoms with Gasteiger partial charge in [-0.2, -0.15) is 16.4 Å². The molecule has 3 N–H and O–H groups in total. The van der Waals surface area contributed by atoms with E-state index in [0.717, 1.165) is 0 Å². The van der Waals surface area contributed by atoms with Crippen LogP contribution in [0.25, 0.3) is 0 Å². The van der Waals surface area contributed by atoms with E-state index in [9.17, 15) is 13.2 Å². The van der Waals surface area contributed by atoms with E-state index in [2.05, 4.69) is 16.4 Å².